The Balaban J connectivity index is 2.92. The normalized spacial score (nSPS) is 11.9. The van der Waals surface area contributed by atoms with E-state index in [-0.39, 0.29) is 5.41 Å². The average molecular weight is 302 g/mol. The Morgan fingerprint density at radius 2 is 2.05 bits per heavy atom. The second kappa shape index (κ2) is 7.50. The van der Waals surface area contributed by atoms with Crippen molar-refractivity contribution in [2.45, 2.75) is 39.7 Å². The van der Waals surface area contributed by atoms with Crippen LogP contribution in [0.5, 0.6) is 0 Å². The van der Waals surface area contributed by atoms with Crippen molar-refractivity contribution < 1.29 is 0 Å². The molecule has 0 bridgehead atoms. The highest BCUT2D eigenvalue weighted by Crippen LogP contribution is 2.33. The number of thioether (sulfide) groups is 1. The molecule has 5 heteroatoms. The second-order valence-corrected chi connectivity index (χ2v) is 7.76. The van der Waals surface area contributed by atoms with Crippen molar-refractivity contribution in [3.63, 3.8) is 0 Å². The van der Waals surface area contributed by atoms with Gasteiger partial charge >= 0.3 is 0 Å². The molecule has 0 aliphatic rings. The Morgan fingerprint density at radius 3 is 2.58 bits per heavy atom. The molecular weight excluding hydrogens is 274 g/mol. The minimum atomic E-state index is 0.111. The fourth-order valence-electron chi connectivity index (χ4n) is 1.77. The quantitative estimate of drug-likeness (QED) is 0.836. The van der Waals surface area contributed by atoms with Crippen LogP contribution in [0.25, 0.3) is 0 Å². The van der Waals surface area contributed by atoms with Crippen LogP contribution in [-0.2, 0) is 12.0 Å². The van der Waals surface area contributed by atoms with Crippen molar-refractivity contribution in [3.05, 3.63) is 10.6 Å². The lowest BCUT2D eigenvalue weighted by atomic mass is 9.91. The molecule has 1 aromatic rings. The van der Waals surface area contributed by atoms with Gasteiger partial charge in [-0.3, -0.25) is 0 Å². The third-order valence-electron chi connectivity index (χ3n) is 2.89. The van der Waals surface area contributed by atoms with Crippen molar-refractivity contribution in [2.24, 2.45) is 0 Å². The number of rotatable bonds is 7. The topological polar surface area (TPSA) is 28.2 Å². The molecule has 0 unspecified atom stereocenters. The van der Waals surface area contributed by atoms with Gasteiger partial charge in [0.15, 0.2) is 5.13 Å². The summed E-state index contributed by atoms with van der Waals surface area (Å²) in [5, 5.41) is 4.57. The van der Waals surface area contributed by atoms with Crippen molar-refractivity contribution in [3.8, 4) is 0 Å². The Morgan fingerprint density at radius 1 is 1.37 bits per heavy atom. The zero-order valence-electron chi connectivity index (χ0n) is 13.0. The maximum atomic E-state index is 4.88. The Labute approximate surface area is 126 Å². The van der Waals surface area contributed by atoms with Crippen LogP contribution >= 0.6 is 23.1 Å². The molecule has 0 aromatic carbocycles. The zero-order valence-corrected chi connectivity index (χ0v) is 14.7. The lowest BCUT2D eigenvalue weighted by Gasteiger charge is -2.18. The van der Waals surface area contributed by atoms with E-state index in [4.69, 9.17) is 4.98 Å². The summed E-state index contributed by atoms with van der Waals surface area (Å²) >= 11 is 3.71. The molecule has 1 aromatic heterocycles. The molecule has 0 aliphatic carbocycles. The number of aromatic nitrogens is 1. The SMILES string of the molecule is CCNCc1sc(N(C)CCSC)nc1C(C)(C)C. The van der Waals surface area contributed by atoms with Gasteiger partial charge in [-0.15, -0.1) is 11.3 Å². The number of thiazole rings is 1. The Bertz CT molecular complexity index is 383. The van der Waals surface area contributed by atoms with Gasteiger partial charge in [0.05, 0.1) is 5.69 Å². The molecule has 0 amide bonds. The van der Waals surface area contributed by atoms with E-state index in [0.717, 1.165) is 30.5 Å². The first-order chi connectivity index (χ1) is 8.90. The number of hydrogen-bond acceptors (Lipinski definition) is 5. The molecule has 0 saturated heterocycles. The molecule has 3 nitrogen and oxygen atoms in total. The fourth-order valence-corrected chi connectivity index (χ4v) is 3.45. The van der Waals surface area contributed by atoms with E-state index in [1.54, 1.807) is 0 Å². The standard InChI is InChI=1S/C14H27N3S2/c1-7-15-10-11-12(14(2,3)4)16-13(19-11)17(5)8-9-18-6/h15H,7-10H2,1-6H3. The number of hydrogen-bond donors (Lipinski definition) is 1. The van der Waals surface area contributed by atoms with Gasteiger partial charge in [-0.1, -0.05) is 27.7 Å². The lowest BCUT2D eigenvalue weighted by Crippen LogP contribution is -2.21. The third kappa shape index (κ3) is 4.97. The van der Waals surface area contributed by atoms with Crippen LogP contribution in [0.4, 0.5) is 5.13 Å². The fraction of sp³-hybridized carbons (Fsp3) is 0.786. The Kier molecular flexibility index (Phi) is 6.63. The molecule has 0 saturated carbocycles. The monoisotopic (exact) mass is 301 g/mol. The highest BCUT2D eigenvalue weighted by atomic mass is 32.2. The van der Waals surface area contributed by atoms with Gasteiger partial charge in [-0.25, -0.2) is 4.98 Å². The second-order valence-electron chi connectivity index (χ2n) is 5.71. The number of nitrogens with one attached hydrogen (secondary N) is 1. The van der Waals surface area contributed by atoms with Crippen LogP contribution in [-0.4, -0.2) is 37.1 Å². The van der Waals surface area contributed by atoms with Gasteiger partial charge in [-0.2, -0.15) is 11.8 Å². The van der Waals surface area contributed by atoms with E-state index in [1.807, 2.05) is 23.1 Å². The highest BCUT2D eigenvalue weighted by molar-refractivity contribution is 7.98. The molecule has 0 radical (unpaired) electrons. The summed E-state index contributed by atoms with van der Waals surface area (Å²) < 4.78 is 0. The van der Waals surface area contributed by atoms with Gasteiger partial charge in [0.2, 0.25) is 0 Å². The maximum Gasteiger partial charge on any atom is 0.185 e. The lowest BCUT2D eigenvalue weighted by molar-refractivity contribution is 0.560. The summed E-state index contributed by atoms with van der Waals surface area (Å²) in [6, 6.07) is 0. The highest BCUT2D eigenvalue weighted by Gasteiger charge is 2.23. The summed E-state index contributed by atoms with van der Waals surface area (Å²) in [5.74, 6) is 1.14. The summed E-state index contributed by atoms with van der Waals surface area (Å²) in [4.78, 5) is 8.53. The first kappa shape index (κ1) is 16.8. The molecule has 0 fully saturated rings. The first-order valence-electron chi connectivity index (χ1n) is 6.81. The number of nitrogens with zero attached hydrogens (tertiary/aromatic N) is 2. The van der Waals surface area contributed by atoms with Crippen LogP contribution in [0.15, 0.2) is 0 Å². The van der Waals surface area contributed by atoms with Crippen molar-refractivity contribution in [1.82, 2.24) is 10.3 Å². The van der Waals surface area contributed by atoms with E-state index >= 15 is 0 Å². The molecule has 0 atom stereocenters. The van der Waals surface area contributed by atoms with E-state index in [2.05, 4.69) is 51.2 Å². The molecule has 1 rings (SSSR count). The minimum Gasteiger partial charge on any atom is -0.350 e. The molecule has 1 N–H and O–H groups in total. The van der Waals surface area contributed by atoms with E-state index < -0.39 is 0 Å². The van der Waals surface area contributed by atoms with Gasteiger partial charge in [0, 0.05) is 36.2 Å². The smallest absolute Gasteiger partial charge is 0.185 e. The van der Waals surface area contributed by atoms with Crippen LogP contribution in [0.3, 0.4) is 0 Å². The van der Waals surface area contributed by atoms with Crippen LogP contribution in [0.1, 0.15) is 38.3 Å². The summed E-state index contributed by atoms with van der Waals surface area (Å²) in [6.07, 6.45) is 2.15. The van der Waals surface area contributed by atoms with Crippen LogP contribution in [0.2, 0.25) is 0 Å². The minimum absolute atomic E-state index is 0.111. The van der Waals surface area contributed by atoms with Gasteiger partial charge < -0.3 is 10.2 Å². The van der Waals surface area contributed by atoms with Crippen LogP contribution < -0.4 is 10.2 Å². The van der Waals surface area contributed by atoms with E-state index in [1.165, 1.54) is 10.6 Å². The van der Waals surface area contributed by atoms with Gasteiger partial charge in [0.25, 0.3) is 0 Å². The average Bonchev–Trinajstić information content (AvgIpc) is 2.77. The molecule has 1 heterocycles. The predicted octanol–water partition coefficient (Wildman–Crippen LogP) is 3.35. The van der Waals surface area contributed by atoms with Crippen molar-refractivity contribution in [2.75, 3.05) is 37.0 Å². The number of anilines is 1. The van der Waals surface area contributed by atoms with E-state index in [9.17, 15) is 0 Å². The van der Waals surface area contributed by atoms with Gasteiger partial charge in [-0.05, 0) is 12.8 Å². The molecule has 0 spiro atoms. The third-order valence-corrected chi connectivity index (χ3v) is 4.65. The largest absolute Gasteiger partial charge is 0.350 e. The van der Waals surface area contributed by atoms with Gasteiger partial charge in [0.1, 0.15) is 0 Å². The molecule has 110 valence electrons. The van der Waals surface area contributed by atoms with Crippen molar-refractivity contribution in [1.29, 1.82) is 0 Å². The zero-order chi connectivity index (χ0) is 14.5. The maximum absolute atomic E-state index is 4.88. The first-order valence-corrected chi connectivity index (χ1v) is 9.02. The summed E-state index contributed by atoms with van der Waals surface area (Å²) in [6.45, 7) is 11.8. The molecule has 0 aliphatic heterocycles. The summed E-state index contributed by atoms with van der Waals surface area (Å²) in [5.41, 5.74) is 1.35. The van der Waals surface area contributed by atoms with E-state index in [0.29, 0.717) is 0 Å². The van der Waals surface area contributed by atoms with Crippen molar-refractivity contribution >= 4 is 28.2 Å². The molecule has 19 heavy (non-hydrogen) atoms. The predicted molar refractivity (Wildman–Crippen MR) is 89.8 cm³/mol. The summed E-state index contributed by atoms with van der Waals surface area (Å²) in [7, 11) is 2.14. The van der Waals surface area contributed by atoms with Crippen LogP contribution in [0, 0.1) is 0 Å². The Hall–Kier alpha value is -0.260. The molecular formula is C14H27N3S2.